The van der Waals surface area contributed by atoms with Crippen LogP contribution in [0.2, 0.25) is 0 Å². The number of nitrogen functional groups attached to an aromatic ring is 1. The van der Waals surface area contributed by atoms with Gasteiger partial charge in [0.25, 0.3) is 5.91 Å². The number of hydrogen-bond donors (Lipinski definition) is 3. The minimum absolute atomic E-state index is 0.0603. The van der Waals surface area contributed by atoms with Crippen molar-refractivity contribution >= 4 is 34.3 Å². The van der Waals surface area contributed by atoms with Crippen LogP contribution in [-0.2, 0) is 0 Å². The standard InChI is InChI=1S/C24H30N6O2/c1-13(2)15-8-20-22(28-9-15)21(23(26)32-20)24(31)29-18-10-27-6-5-19(18)30-11-16(14-3-4-14)7-17(25)12-30/h5-6,8-10,13-14,16-17H,3-4,7,11-12,25-26H2,1-2H3,(H,29,31). The molecule has 1 saturated carbocycles. The van der Waals surface area contributed by atoms with Gasteiger partial charge in [-0.15, -0.1) is 0 Å². The number of rotatable bonds is 5. The maximum atomic E-state index is 13.2. The fraction of sp³-hybridized carbons (Fsp3) is 0.458. The van der Waals surface area contributed by atoms with Crippen molar-refractivity contribution in [2.24, 2.45) is 17.6 Å². The summed E-state index contributed by atoms with van der Waals surface area (Å²) >= 11 is 0. The molecule has 0 bridgehead atoms. The van der Waals surface area contributed by atoms with E-state index < -0.39 is 0 Å². The van der Waals surface area contributed by atoms with Gasteiger partial charge in [0.2, 0.25) is 5.88 Å². The van der Waals surface area contributed by atoms with Gasteiger partial charge >= 0.3 is 0 Å². The Hall–Kier alpha value is -3.13. The van der Waals surface area contributed by atoms with Crippen molar-refractivity contribution < 1.29 is 9.21 Å². The highest BCUT2D eigenvalue weighted by Gasteiger charge is 2.37. The molecule has 168 valence electrons. The second-order valence-corrected chi connectivity index (χ2v) is 9.46. The number of nitrogens with zero attached hydrogens (tertiary/aromatic N) is 3. The van der Waals surface area contributed by atoms with Gasteiger partial charge in [-0.1, -0.05) is 13.8 Å². The van der Waals surface area contributed by atoms with E-state index in [0.717, 1.165) is 36.7 Å². The van der Waals surface area contributed by atoms with Crippen LogP contribution in [0.25, 0.3) is 11.1 Å². The summed E-state index contributed by atoms with van der Waals surface area (Å²) in [5, 5.41) is 2.99. The molecule has 2 fully saturated rings. The van der Waals surface area contributed by atoms with Crippen LogP contribution in [0.1, 0.15) is 54.9 Å². The van der Waals surface area contributed by atoms with Gasteiger partial charge in [0.1, 0.15) is 11.1 Å². The number of amides is 1. The molecule has 5 rings (SSSR count). The van der Waals surface area contributed by atoms with Crippen LogP contribution in [0.15, 0.2) is 35.1 Å². The average Bonchev–Trinajstić information content (AvgIpc) is 3.55. The number of nitrogens with one attached hydrogen (secondary N) is 1. The molecule has 1 aliphatic carbocycles. The molecule has 1 aliphatic heterocycles. The average molecular weight is 435 g/mol. The lowest BCUT2D eigenvalue weighted by atomic mass is 9.90. The van der Waals surface area contributed by atoms with Gasteiger partial charge in [-0.3, -0.25) is 14.8 Å². The minimum Gasteiger partial charge on any atom is -0.438 e. The summed E-state index contributed by atoms with van der Waals surface area (Å²) < 4.78 is 5.67. The van der Waals surface area contributed by atoms with Crippen LogP contribution in [0.4, 0.5) is 17.3 Å². The fourth-order valence-electron chi connectivity index (χ4n) is 4.78. The van der Waals surface area contributed by atoms with Gasteiger partial charge in [0, 0.05) is 31.5 Å². The first kappa shape index (κ1) is 20.8. The van der Waals surface area contributed by atoms with Crippen molar-refractivity contribution in [2.45, 2.75) is 45.1 Å². The zero-order valence-electron chi connectivity index (χ0n) is 18.5. The Labute approximate surface area is 187 Å². The van der Waals surface area contributed by atoms with Gasteiger partial charge < -0.3 is 26.1 Å². The quantitative estimate of drug-likeness (QED) is 0.559. The van der Waals surface area contributed by atoms with Crippen LogP contribution in [0.5, 0.6) is 0 Å². The minimum atomic E-state index is -0.361. The number of furan rings is 1. The lowest BCUT2D eigenvalue weighted by molar-refractivity contribution is 0.102. The third-order valence-electron chi connectivity index (χ3n) is 6.66. The third kappa shape index (κ3) is 3.90. The van der Waals surface area contributed by atoms with Crippen molar-refractivity contribution in [1.29, 1.82) is 0 Å². The summed E-state index contributed by atoms with van der Waals surface area (Å²) in [6.45, 7) is 5.86. The van der Waals surface area contributed by atoms with Crippen molar-refractivity contribution in [3.05, 3.63) is 41.9 Å². The van der Waals surface area contributed by atoms with Gasteiger partial charge in [0.15, 0.2) is 5.58 Å². The number of carbonyl (C=O) groups is 1. The molecule has 0 radical (unpaired) electrons. The second-order valence-electron chi connectivity index (χ2n) is 9.46. The first-order valence-corrected chi connectivity index (χ1v) is 11.3. The number of carbonyl (C=O) groups excluding carboxylic acids is 1. The number of hydrogen-bond acceptors (Lipinski definition) is 7. The number of aromatic nitrogens is 2. The number of fused-ring (bicyclic) bond motifs is 1. The summed E-state index contributed by atoms with van der Waals surface area (Å²) in [6.07, 6.45) is 8.83. The molecule has 5 N–H and O–H groups in total. The molecule has 1 saturated heterocycles. The lowest BCUT2D eigenvalue weighted by Gasteiger charge is -2.38. The maximum Gasteiger partial charge on any atom is 0.263 e. The van der Waals surface area contributed by atoms with E-state index in [1.807, 2.05) is 12.1 Å². The van der Waals surface area contributed by atoms with Gasteiger partial charge in [-0.25, -0.2) is 0 Å². The Balaban J connectivity index is 1.43. The normalized spacial score (nSPS) is 21.3. The first-order chi connectivity index (χ1) is 15.4. The van der Waals surface area contributed by atoms with Gasteiger partial charge in [0.05, 0.1) is 17.6 Å². The maximum absolute atomic E-state index is 13.2. The summed E-state index contributed by atoms with van der Waals surface area (Å²) in [6, 6.07) is 3.95. The molecule has 32 heavy (non-hydrogen) atoms. The third-order valence-corrected chi connectivity index (χ3v) is 6.66. The van der Waals surface area contributed by atoms with Crippen LogP contribution in [0, 0.1) is 11.8 Å². The molecule has 8 heteroatoms. The van der Waals surface area contributed by atoms with Crippen LogP contribution >= 0.6 is 0 Å². The SMILES string of the molecule is CC(C)c1cnc2c(C(=O)Nc3cnccc3N3CC(N)CC(C4CC4)C3)c(N)oc2c1. The van der Waals surface area contributed by atoms with E-state index in [2.05, 4.69) is 34.0 Å². The van der Waals surface area contributed by atoms with Crippen molar-refractivity contribution in [3.8, 4) is 0 Å². The largest absolute Gasteiger partial charge is 0.438 e. The highest BCUT2D eigenvalue weighted by Crippen LogP contribution is 2.42. The van der Waals surface area contributed by atoms with Crippen molar-refractivity contribution in [2.75, 3.05) is 29.0 Å². The molecular formula is C24H30N6O2. The first-order valence-electron chi connectivity index (χ1n) is 11.3. The fourth-order valence-corrected chi connectivity index (χ4v) is 4.78. The van der Waals surface area contributed by atoms with Gasteiger partial charge in [-0.05, 0) is 54.7 Å². The van der Waals surface area contributed by atoms with Crippen LogP contribution in [0.3, 0.4) is 0 Å². The number of piperidine rings is 1. The Morgan fingerprint density at radius 2 is 2.06 bits per heavy atom. The predicted octanol–water partition coefficient (Wildman–Crippen LogP) is 3.74. The smallest absolute Gasteiger partial charge is 0.263 e. The van der Waals surface area contributed by atoms with Crippen molar-refractivity contribution in [3.63, 3.8) is 0 Å². The zero-order chi connectivity index (χ0) is 22.4. The molecule has 3 aromatic rings. The van der Waals surface area contributed by atoms with Gasteiger partial charge in [-0.2, -0.15) is 0 Å². The summed E-state index contributed by atoms with van der Waals surface area (Å²) in [5.41, 5.74) is 16.3. The molecular weight excluding hydrogens is 404 g/mol. The zero-order valence-corrected chi connectivity index (χ0v) is 18.5. The molecule has 2 atom stereocenters. The summed E-state index contributed by atoms with van der Waals surface area (Å²) in [5.74, 6) is 1.38. The Morgan fingerprint density at radius 3 is 2.81 bits per heavy atom. The monoisotopic (exact) mass is 434 g/mol. The molecule has 2 unspecified atom stereocenters. The van der Waals surface area contributed by atoms with E-state index in [-0.39, 0.29) is 23.4 Å². The number of pyridine rings is 2. The predicted molar refractivity (Wildman–Crippen MR) is 126 cm³/mol. The Morgan fingerprint density at radius 1 is 1.25 bits per heavy atom. The summed E-state index contributed by atoms with van der Waals surface area (Å²) in [7, 11) is 0. The topological polar surface area (TPSA) is 123 Å². The number of nitrogens with two attached hydrogens (primary N) is 2. The highest BCUT2D eigenvalue weighted by atomic mass is 16.3. The molecule has 4 heterocycles. The van der Waals surface area contributed by atoms with Crippen LogP contribution < -0.4 is 21.7 Å². The highest BCUT2D eigenvalue weighted by molar-refractivity contribution is 6.15. The van der Waals surface area contributed by atoms with E-state index in [0.29, 0.717) is 28.6 Å². The Kier molecular flexibility index (Phi) is 5.25. The molecule has 0 spiro atoms. The molecule has 3 aromatic heterocycles. The van der Waals surface area contributed by atoms with E-state index in [9.17, 15) is 4.79 Å². The summed E-state index contributed by atoms with van der Waals surface area (Å²) in [4.78, 5) is 24.2. The van der Waals surface area contributed by atoms with E-state index in [1.54, 1.807) is 18.6 Å². The lowest BCUT2D eigenvalue weighted by Crippen LogP contribution is -2.48. The number of anilines is 3. The Bertz CT molecular complexity index is 1150. The molecule has 8 nitrogen and oxygen atoms in total. The van der Waals surface area contributed by atoms with E-state index >= 15 is 0 Å². The molecule has 0 aromatic carbocycles. The van der Waals surface area contributed by atoms with Crippen molar-refractivity contribution in [1.82, 2.24) is 9.97 Å². The van der Waals surface area contributed by atoms with E-state index in [4.69, 9.17) is 15.9 Å². The van der Waals surface area contributed by atoms with E-state index in [1.165, 1.54) is 12.8 Å². The molecule has 2 aliphatic rings. The van der Waals surface area contributed by atoms with Crippen LogP contribution in [-0.4, -0.2) is 35.0 Å². The second kappa shape index (κ2) is 8.09. The molecule has 1 amide bonds.